The first-order chi connectivity index (χ1) is 15.2. The summed E-state index contributed by atoms with van der Waals surface area (Å²) in [5, 5.41) is 4.87. The van der Waals surface area contributed by atoms with Crippen molar-refractivity contribution >= 4 is 33.2 Å². The first-order valence-electron chi connectivity index (χ1n) is 9.34. The summed E-state index contributed by atoms with van der Waals surface area (Å²) in [6.07, 6.45) is 0. The lowest BCUT2D eigenvalue weighted by atomic mass is 10.1. The summed E-state index contributed by atoms with van der Waals surface area (Å²) in [5.74, 6) is -1.54. The van der Waals surface area contributed by atoms with Crippen molar-refractivity contribution in [3.05, 3.63) is 83.7 Å². The van der Waals surface area contributed by atoms with E-state index < -0.39 is 27.7 Å². The van der Waals surface area contributed by atoms with Gasteiger partial charge in [0.25, 0.3) is 21.8 Å². The molecule has 0 spiro atoms. The van der Waals surface area contributed by atoms with E-state index in [1.165, 1.54) is 50.6 Å². The van der Waals surface area contributed by atoms with Crippen LogP contribution in [0.15, 0.2) is 71.6 Å². The molecule has 166 valence electrons. The number of methoxy groups -OCH3 is 1. The van der Waals surface area contributed by atoms with Gasteiger partial charge in [-0.2, -0.15) is 0 Å². The van der Waals surface area contributed by atoms with E-state index in [0.29, 0.717) is 5.75 Å². The van der Waals surface area contributed by atoms with E-state index in [9.17, 15) is 22.4 Å². The molecule has 0 bridgehead atoms. The number of carbonyl (C=O) groups is 2. The molecule has 2 amide bonds. The number of nitrogens with one attached hydrogen (secondary N) is 3. The van der Waals surface area contributed by atoms with Crippen molar-refractivity contribution in [2.75, 3.05) is 24.2 Å². The maximum Gasteiger partial charge on any atom is 0.262 e. The standard InChI is InChI=1S/C22H20FN3O5S/c1-24-22(28)17-13-15(9-12-18(17)23)25-21(27)14-7-10-16(11-8-14)32(29,30)26-19-5-3-4-6-20(19)31-2/h3-13,26H,1-2H3,(H,24,28)(H,25,27). The van der Waals surface area contributed by atoms with Crippen LogP contribution in [0, 0.1) is 5.82 Å². The van der Waals surface area contributed by atoms with Crippen LogP contribution in [0.4, 0.5) is 15.8 Å². The van der Waals surface area contributed by atoms with E-state index in [0.717, 1.165) is 6.07 Å². The van der Waals surface area contributed by atoms with Gasteiger partial charge in [-0.15, -0.1) is 0 Å². The number of hydrogen-bond donors (Lipinski definition) is 3. The lowest BCUT2D eigenvalue weighted by Crippen LogP contribution is -2.20. The average molecular weight is 457 g/mol. The molecule has 0 atom stereocenters. The molecule has 3 N–H and O–H groups in total. The Hall–Kier alpha value is -3.92. The highest BCUT2D eigenvalue weighted by atomic mass is 32.2. The highest BCUT2D eigenvalue weighted by Crippen LogP contribution is 2.26. The van der Waals surface area contributed by atoms with Crippen LogP contribution < -0.4 is 20.1 Å². The molecular weight excluding hydrogens is 437 g/mol. The average Bonchev–Trinajstić information content (AvgIpc) is 2.80. The largest absolute Gasteiger partial charge is 0.495 e. The second-order valence-electron chi connectivity index (χ2n) is 6.56. The van der Waals surface area contributed by atoms with Gasteiger partial charge in [0.05, 0.1) is 23.3 Å². The molecule has 0 aliphatic carbocycles. The summed E-state index contributed by atoms with van der Waals surface area (Å²) in [6.45, 7) is 0. The van der Waals surface area contributed by atoms with Gasteiger partial charge in [0.1, 0.15) is 11.6 Å². The van der Waals surface area contributed by atoms with Crippen molar-refractivity contribution in [2.24, 2.45) is 0 Å². The Labute approximate surface area is 184 Å². The first-order valence-corrected chi connectivity index (χ1v) is 10.8. The predicted molar refractivity (Wildman–Crippen MR) is 118 cm³/mol. The number of para-hydroxylation sites is 2. The number of amides is 2. The number of benzene rings is 3. The third kappa shape index (κ3) is 5.03. The van der Waals surface area contributed by atoms with Crippen LogP contribution >= 0.6 is 0 Å². The lowest BCUT2D eigenvalue weighted by Gasteiger charge is -2.12. The van der Waals surface area contributed by atoms with Crippen LogP contribution in [0.1, 0.15) is 20.7 Å². The first kappa shape index (κ1) is 22.8. The monoisotopic (exact) mass is 457 g/mol. The summed E-state index contributed by atoms with van der Waals surface area (Å²) in [4.78, 5) is 24.2. The molecule has 0 aromatic heterocycles. The van der Waals surface area contributed by atoms with Crippen LogP contribution in [-0.4, -0.2) is 34.4 Å². The number of hydrogen-bond acceptors (Lipinski definition) is 5. The fraction of sp³-hybridized carbons (Fsp3) is 0.0909. The second kappa shape index (κ2) is 9.48. The molecule has 10 heteroatoms. The van der Waals surface area contributed by atoms with Crippen molar-refractivity contribution in [1.82, 2.24) is 5.32 Å². The minimum atomic E-state index is -3.92. The van der Waals surface area contributed by atoms with Gasteiger partial charge in [0, 0.05) is 18.3 Å². The smallest absolute Gasteiger partial charge is 0.262 e. The molecule has 0 fully saturated rings. The summed E-state index contributed by atoms with van der Waals surface area (Å²) in [7, 11) is -1.12. The molecule has 3 rings (SSSR count). The zero-order chi connectivity index (χ0) is 23.3. The molecule has 0 unspecified atom stereocenters. The predicted octanol–water partition coefficient (Wildman–Crippen LogP) is 3.25. The van der Waals surface area contributed by atoms with Crippen LogP contribution in [0.2, 0.25) is 0 Å². The Bertz CT molecular complexity index is 1260. The van der Waals surface area contributed by atoms with Crippen LogP contribution in [0.5, 0.6) is 5.75 Å². The van der Waals surface area contributed by atoms with Gasteiger partial charge in [-0.1, -0.05) is 12.1 Å². The highest BCUT2D eigenvalue weighted by molar-refractivity contribution is 7.92. The maximum atomic E-state index is 13.8. The zero-order valence-electron chi connectivity index (χ0n) is 17.2. The van der Waals surface area contributed by atoms with Gasteiger partial charge < -0.3 is 15.4 Å². The van der Waals surface area contributed by atoms with E-state index in [2.05, 4.69) is 15.4 Å². The number of ether oxygens (including phenoxy) is 1. The number of carbonyl (C=O) groups excluding carboxylic acids is 2. The van der Waals surface area contributed by atoms with E-state index in [4.69, 9.17) is 4.74 Å². The molecule has 0 aliphatic rings. The summed E-state index contributed by atoms with van der Waals surface area (Å²) < 4.78 is 46.7. The van der Waals surface area contributed by atoms with Gasteiger partial charge >= 0.3 is 0 Å². The Kier molecular flexibility index (Phi) is 6.74. The number of anilines is 2. The third-order valence-electron chi connectivity index (χ3n) is 4.47. The Morgan fingerprint density at radius 2 is 1.62 bits per heavy atom. The van der Waals surface area contributed by atoms with Crippen LogP contribution in [0.3, 0.4) is 0 Å². The molecule has 32 heavy (non-hydrogen) atoms. The molecular formula is C22H20FN3O5S. The molecule has 3 aromatic rings. The minimum Gasteiger partial charge on any atom is -0.495 e. The lowest BCUT2D eigenvalue weighted by molar-refractivity contribution is 0.0957. The van der Waals surface area contributed by atoms with Crippen molar-refractivity contribution in [3.8, 4) is 5.75 Å². The van der Waals surface area contributed by atoms with Crippen molar-refractivity contribution in [3.63, 3.8) is 0 Å². The normalized spacial score (nSPS) is 10.8. The minimum absolute atomic E-state index is 0.0522. The van der Waals surface area contributed by atoms with Crippen molar-refractivity contribution in [1.29, 1.82) is 0 Å². The zero-order valence-corrected chi connectivity index (χ0v) is 18.0. The third-order valence-corrected chi connectivity index (χ3v) is 5.86. The van der Waals surface area contributed by atoms with Crippen LogP contribution in [-0.2, 0) is 10.0 Å². The van der Waals surface area contributed by atoms with Gasteiger partial charge in [0.2, 0.25) is 0 Å². The molecule has 0 saturated carbocycles. The van der Waals surface area contributed by atoms with Gasteiger partial charge in [-0.05, 0) is 54.6 Å². The Balaban J connectivity index is 1.76. The highest BCUT2D eigenvalue weighted by Gasteiger charge is 2.18. The number of rotatable bonds is 7. The molecule has 0 heterocycles. The molecule has 3 aromatic carbocycles. The Morgan fingerprint density at radius 1 is 0.938 bits per heavy atom. The van der Waals surface area contributed by atoms with E-state index in [1.54, 1.807) is 24.3 Å². The number of sulfonamides is 1. The van der Waals surface area contributed by atoms with Crippen molar-refractivity contribution in [2.45, 2.75) is 4.90 Å². The Morgan fingerprint density at radius 3 is 2.28 bits per heavy atom. The molecule has 0 aliphatic heterocycles. The van der Waals surface area contributed by atoms with Crippen molar-refractivity contribution < 1.29 is 27.1 Å². The van der Waals surface area contributed by atoms with E-state index >= 15 is 0 Å². The van der Waals surface area contributed by atoms with Gasteiger partial charge in [-0.25, -0.2) is 12.8 Å². The fourth-order valence-electron chi connectivity index (χ4n) is 2.83. The topological polar surface area (TPSA) is 114 Å². The van der Waals surface area contributed by atoms with E-state index in [-0.39, 0.29) is 27.4 Å². The maximum absolute atomic E-state index is 13.8. The number of halogens is 1. The summed E-state index contributed by atoms with van der Waals surface area (Å²) >= 11 is 0. The summed E-state index contributed by atoms with van der Waals surface area (Å²) in [6, 6.07) is 15.4. The second-order valence-corrected chi connectivity index (χ2v) is 8.24. The summed E-state index contributed by atoms with van der Waals surface area (Å²) in [5.41, 5.74) is 0.450. The molecule has 0 radical (unpaired) electrons. The van der Waals surface area contributed by atoms with E-state index in [1.807, 2.05) is 0 Å². The van der Waals surface area contributed by atoms with Gasteiger partial charge in [-0.3, -0.25) is 14.3 Å². The molecule has 0 saturated heterocycles. The SMILES string of the molecule is CNC(=O)c1cc(NC(=O)c2ccc(S(=O)(=O)Nc3ccccc3OC)cc2)ccc1F. The fourth-order valence-corrected chi connectivity index (χ4v) is 3.90. The van der Waals surface area contributed by atoms with Gasteiger partial charge in [0.15, 0.2) is 0 Å². The molecule has 8 nitrogen and oxygen atoms in total. The van der Waals surface area contributed by atoms with Crippen LogP contribution in [0.25, 0.3) is 0 Å². The quantitative estimate of drug-likeness (QED) is 0.504.